The van der Waals surface area contributed by atoms with Crippen molar-refractivity contribution >= 4 is 28.2 Å². The molecule has 1 aliphatic rings. The van der Waals surface area contributed by atoms with Gasteiger partial charge < -0.3 is 19.5 Å². The number of ether oxygens (including phenoxy) is 3. The lowest BCUT2D eigenvalue weighted by atomic mass is 9.95. The Kier molecular flexibility index (Phi) is 7.25. The number of rotatable bonds is 8. The van der Waals surface area contributed by atoms with Gasteiger partial charge in [-0.1, -0.05) is 17.7 Å². The number of anilines is 1. The van der Waals surface area contributed by atoms with Crippen LogP contribution >= 0.6 is 11.6 Å². The molecule has 9 nitrogen and oxygen atoms in total. The predicted molar refractivity (Wildman–Crippen MR) is 156 cm³/mol. The first-order chi connectivity index (χ1) is 19.5. The molecule has 204 valence electrons. The van der Waals surface area contributed by atoms with Gasteiger partial charge in [0, 0.05) is 46.9 Å². The topological polar surface area (TPSA) is 95.4 Å². The van der Waals surface area contributed by atoms with E-state index in [4.69, 9.17) is 30.9 Å². The summed E-state index contributed by atoms with van der Waals surface area (Å²) >= 11 is 6.61. The Hall–Kier alpha value is -4.18. The van der Waals surface area contributed by atoms with E-state index in [1.54, 1.807) is 25.1 Å². The molecule has 0 amide bonds. The SMILES string of the molecule is COc1ccc(CNc2cnnc3cc(-c4cc(Cl)c(C)cc4-c4ccn(C5NCCO5)n4)ccc23)c(OC)c1. The van der Waals surface area contributed by atoms with E-state index in [0.29, 0.717) is 18.2 Å². The second-order valence-corrected chi connectivity index (χ2v) is 9.93. The molecule has 2 N–H and O–H groups in total. The predicted octanol–water partition coefficient (Wildman–Crippen LogP) is 5.83. The normalized spacial score (nSPS) is 14.9. The van der Waals surface area contributed by atoms with Crippen LogP contribution in [0.3, 0.4) is 0 Å². The summed E-state index contributed by atoms with van der Waals surface area (Å²) in [6.45, 7) is 4.01. The van der Waals surface area contributed by atoms with Crippen molar-refractivity contribution in [3.63, 3.8) is 0 Å². The lowest BCUT2D eigenvalue weighted by Crippen LogP contribution is -2.21. The summed E-state index contributed by atoms with van der Waals surface area (Å²) in [4.78, 5) is 0. The number of nitrogens with zero attached hydrogens (tertiary/aromatic N) is 4. The van der Waals surface area contributed by atoms with Gasteiger partial charge in [0.25, 0.3) is 0 Å². The average Bonchev–Trinajstić information content (AvgIpc) is 3.70. The summed E-state index contributed by atoms with van der Waals surface area (Å²) in [6, 6.07) is 18.0. The molecule has 1 saturated heterocycles. The first kappa shape index (κ1) is 26.1. The molecule has 6 rings (SSSR count). The summed E-state index contributed by atoms with van der Waals surface area (Å²) < 4.78 is 18.4. The van der Waals surface area contributed by atoms with Crippen molar-refractivity contribution in [1.29, 1.82) is 0 Å². The Morgan fingerprint density at radius 2 is 1.98 bits per heavy atom. The van der Waals surface area contributed by atoms with E-state index in [0.717, 1.165) is 68.1 Å². The molecule has 0 aliphatic carbocycles. The molecule has 3 heterocycles. The van der Waals surface area contributed by atoms with Crippen LogP contribution in [0.25, 0.3) is 33.3 Å². The van der Waals surface area contributed by atoms with Gasteiger partial charge in [0.15, 0.2) is 0 Å². The summed E-state index contributed by atoms with van der Waals surface area (Å²) in [6.07, 6.45) is 3.40. The molecule has 0 spiro atoms. The smallest absolute Gasteiger partial charge is 0.206 e. The average molecular weight is 557 g/mol. The Morgan fingerprint density at radius 3 is 2.77 bits per heavy atom. The van der Waals surface area contributed by atoms with Crippen LogP contribution in [-0.2, 0) is 11.3 Å². The lowest BCUT2D eigenvalue weighted by Gasteiger charge is -2.14. The minimum atomic E-state index is -0.259. The molecule has 1 unspecified atom stereocenters. The zero-order chi connectivity index (χ0) is 27.6. The summed E-state index contributed by atoms with van der Waals surface area (Å²) in [5, 5.41) is 21.9. The molecule has 5 aromatic rings. The third kappa shape index (κ3) is 5.06. The number of benzene rings is 3. The van der Waals surface area contributed by atoms with Gasteiger partial charge in [-0.2, -0.15) is 15.3 Å². The van der Waals surface area contributed by atoms with Crippen molar-refractivity contribution in [2.75, 3.05) is 32.7 Å². The fourth-order valence-corrected chi connectivity index (χ4v) is 5.05. The highest BCUT2D eigenvalue weighted by Gasteiger charge is 2.19. The van der Waals surface area contributed by atoms with Crippen LogP contribution in [0.2, 0.25) is 5.02 Å². The highest BCUT2D eigenvalue weighted by Crippen LogP contribution is 2.37. The minimum Gasteiger partial charge on any atom is -0.497 e. The fraction of sp³-hybridized carbons (Fsp3) is 0.233. The molecule has 10 heteroatoms. The van der Waals surface area contributed by atoms with Crippen LogP contribution in [0.5, 0.6) is 11.5 Å². The van der Waals surface area contributed by atoms with Gasteiger partial charge in [0.2, 0.25) is 6.35 Å². The fourth-order valence-electron chi connectivity index (χ4n) is 4.88. The number of nitrogens with one attached hydrogen (secondary N) is 2. The summed E-state index contributed by atoms with van der Waals surface area (Å²) in [5.74, 6) is 1.50. The third-order valence-corrected chi connectivity index (χ3v) is 7.44. The zero-order valence-electron chi connectivity index (χ0n) is 22.4. The molecule has 1 atom stereocenters. The number of halogens is 1. The summed E-state index contributed by atoms with van der Waals surface area (Å²) in [7, 11) is 3.29. The van der Waals surface area contributed by atoms with Crippen LogP contribution in [-0.4, -0.2) is 47.3 Å². The first-order valence-electron chi connectivity index (χ1n) is 13.0. The van der Waals surface area contributed by atoms with Crippen molar-refractivity contribution in [1.82, 2.24) is 25.3 Å². The number of hydrogen-bond donors (Lipinski definition) is 2. The monoisotopic (exact) mass is 556 g/mol. The van der Waals surface area contributed by atoms with E-state index >= 15 is 0 Å². The zero-order valence-corrected chi connectivity index (χ0v) is 23.2. The van der Waals surface area contributed by atoms with E-state index in [9.17, 15) is 0 Å². The molecule has 1 aliphatic heterocycles. The standard InChI is InChI=1S/C30H29ClN6O3/c1-18-12-24(26-8-10-37(36-26)30-32-9-11-40-30)23(15-25(18)31)19-5-7-22-27(13-19)35-34-17-28(22)33-16-20-4-6-21(38-2)14-29(20)39-3/h4-8,10,12-15,17,30,32H,9,11,16H2,1-3H3,(H,33,35). The highest BCUT2D eigenvalue weighted by molar-refractivity contribution is 6.31. The number of aromatic nitrogens is 4. The Balaban J connectivity index is 1.33. The van der Waals surface area contributed by atoms with E-state index in [-0.39, 0.29) is 6.35 Å². The molecule has 40 heavy (non-hydrogen) atoms. The highest BCUT2D eigenvalue weighted by atomic mass is 35.5. The van der Waals surface area contributed by atoms with Gasteiger partial charge in [0.1, 0.15) is 11.5 Å². The lowest BCUT2D eigenvalue weighted by molar-refractivity contribution is 0.0345. The maximum absolute atomic E-state index is 6.61. The molecular formula is C30H29ClN6O3. The van der Waals surface area contributed by atoms with Crippen molar-refractivity contribution in [3.05, 3.63) is 83.1 Å². The molecule has 0 bridgehead atoms. The van der Waals surface area contributed by atoms with Crippen molar-refractivity contribution < 1.29 is 14.2 Å². The van der Waals surface area contributed by atoms with Crippen molar-refractivity contribution in [2.45, 2.75) is 19.8 Å². The van der Waals surface area contributed by atoms with E-state index in [1.807, 2.05) is 49.5 Å². The number of methoxy groups -OCH3 is 2. The van der Waals surface area contributed by atoms with Crippen LogP contribution in [0.1, 0.15) is 17.5 Å². The van der Waals surface area contributed by atoms with Crippen molar-refractivity contribution in [3.8, 4) is 33.9 Å². The van der Waals surface area contributed by atoms with Gasteiger partial charge >= 0.3 is 0 Å². The van der Waals surface area contributed by atoms with Crippen LogP contribution in [0, 0.1) is 6.92 Å². The molecule has 2 aromatic heterocycles. The number of aryl methyl sites for hydroxylation is 1. The van der Waals surface area contributed by atoms with Gasteiger partial charge in [-0.25, -0.2) is 4.68 Å². The molecule has 0 saturated carbocycles. The second kappa shape index (κ2) is 11.1. The van der Waals surface area contributed by atoms with Gasteiger partial charge in [-0.05, 0) is 66.1 Å². The first-order valence-corrected chi connectivity index (χ1v) is 13.3. The Bertz CT molecular complexity index is 1680. The van der Waals surface area contributed by atoms with Gasteiger partial charge in [0.05, 0.1) is 43.9 Å². The molecule has 0 radical (unpaired) electrons. The van der Waals surface area contributed by atoms with Crippen LogP contribution in [0.4, 0.5) is 5.69 Å². The summed E-state index contributed by atoms with van der Waals surface area (Å²) in [5.41, 5.74) is 7.37. The van der Waals surface area contributed by atoms with Crippen LogP contribution in [0.15, 0.2) is 67.0 Å². The maximum Gasteiger partial charge on any atom is 0.206 e. The second-order valence-electron chi connectivity index (χ2n) is 9.53. The van der Waals surface area contributed by atoms with E-state index < -0.39 is 0 Å². The van der Waals surface area contributed by atoms with Crippen LogP contribution < -0.4 is 20.1 Å². The number of fused-ring (bicyclic) bond motifs is 1. The Morgan fingerprint density at radius 1 is 1.07 bits per heavy atom. The third-order valence-electron chi connectivity index (χ3n) is 7.03. The number of hydrogen-bond acceptors (Lipinski definition) is 8. The van der Waals surface area contributed by atoms with E-state index in [1.165, 1.54) is 0 Å². The largest absolute Gasteiger partial charge is 0.497 e. The minimum absolute atomic E-state index is 0.259. The quantitative estimate of drug-likeness (QED) is 0.247. The van der Waals surface area contributed by atoms with E-state index in [2.05, 4.69) is 39.0 Å². The van der Waals surface area contributed by atoms with Gasteiger partial charge in [-0.15, -0.1) is 0 Å². The Labute approximate surface area is 237 Å². The molecule has 1 fully saturated rings. The molecular weight excluding hydrogens is 528 g/mol. The molecule has 3 aromatic carbocycles. The maximum atomic E-state index is 6.61. The van der Waals surface area contributed by atoms with Gasteiger partial charge in [-0.3, -0.25) is 5.32 Å². The van der Waals surface area contributed by atoms with Crippen molar-refractivity contribution in [2.24, 2.45) is 0 Å².